The highest BCUT2D eigenvalue weighted by Gasteiger charge is 2.29. The molecule has 0 aliphatic carbocycles. The van der Waals surface area contributed by atoms with Gasteiger partial charge in [-0.3, -0.25) is 4.98 Å². The van der Waals surface area contributed by atoms with Crippen molar-refractivity contribution in [3.8, 4) is 5.75 Å². The SMILES string of the molecule is Nc1ncnc2c1c(F)cn2[C@H]1CC[C@@H](COc2ccc3cccnc3c2)O1. The molecule has 0 saturated carbocycles. The first-order chi connectivity index (χ1) is 13.7. The molecule has 2 N–H and O–H groups in total. The summed E-state index contributed by atoms with van der Waals surface area (Å²) in [6.07, 6.45) is 5.60. The zero-order chi connectivity index (χ0) is 19.1. The fraction of sp³-hybridized carbons (Fsp3) is 0.250. The highest BCUT2D eigenvalue weighted by atomic mass is 19.1. The second-order valence-electron chi connectivity index (χ2n) is 6.80. The molecule has 0 amide bonds. The maximum absolute atomic E-state index is 14.2. The number of aromatic nitrogens is 4. The van der Waals surface area contributed by atoms with Gasteiger partial charge in [0, 0.05) is 23.8 Å². The zero-order valence-corrected chi connectivity index (χ0v) is 15.0. The fourth-order valence-electron chi connectivity index (χ4n) is 3.62. The number of nitrogens with two attached hydrogens (primary N) is 1. The Labute approximate surface area is 159 Å². The number of fused-ring (bicyclic) bond motifs is 2. The molecule has 1 aliphatic heterocycles. The van der Waals surface area contributed by atoms with Gasteiger partial charge in [-0.1, -0.05) is 6.07 Å². The first kappa shape index (κ1) is 16.9. The highest BCUT2D eigenvalue weighted by molar-refractivity contribution is 5.86. The lowest BCUT2D eigenvalue weighted by molar-refractivity contribution is -0.0158. The Hall–Kier alpha value is -3.26. The monoisotopic (exact) mass is 379 g/mol. The molecule has 8 heteroatoms. The summed E-state index contributed by atoms with van der Waals surface area (Å²) in [6.45, 7) is 0.410. The van der Waals surface area contributed by atoms with Gasteiger partial charge in [0.05, 0.1) is 17.0 Å². The largest absolute Gasteiger partial charge is 0.491 e. The second-order valence-corrected chi connectivity index (χ2v) is 6.80. The fourth-order valence-corrected chi connectivity index (χ4v) is 3.62. The van der Waals surface area contributed by atoms with E-state index in [9.17, 15) is 4.39 Å². The molecule has 0 spiro atoms. The second kappa shape index (κ2) is 6.72. The van der Waals surface area contributed by atoms with Gasteiger partial charge < -0.3 is 19.8 Å². The molecule has 0 bridgehead atoms. The summed E-state index contributed by atoms with van der Waals surface area (Å²) < 4.78 is 27.9. The Kier molecular flexibility index (Phi) is 4.05. The van der Waals surface area contributed by atoms with Gasteiger partial charge in [-0.15, -0.1) is 0 Å². The van der Waals surface area contributed by atoms with Crippen LogP contribution in [-0.2, 0) is 4.74 Å². The van der Waals surface area contributed by atoms with Gasteiger partial charge in [0.15, 0.2) is 11.5 Å². The van der Waals surface area contributed by atoms with Crippen LogP contribution in [0.2, 0.25) is 0 Å². The van der Waals surface area contributed by atoms with Gasteiger partial charge in [-0.05, 0) is 31.0 Å². The van der Waals surface area contributed by atoms with Crippen LogP contribution in [0.3, 0.4) is 0 Å². The number of hydrogen-bond acceptors (Lipinski definition) is 6. The van der Waals surface area contributed by atoms with Gasteiger partial charge in [0.1, 0.15) is 30.7 Å². The lowest BCUT2D eigenvalue weighted by atomic mass is 10.2. The van der Waals surface area contributed by atoms with E-state index in [1.165, 1.54) is 12.5 Å². The smallest absolute Gasteiger partial charge is 0.154 e. The summed E-state index contributed by atoms with van der Waals surface area (Å²) in [7, 11) is 0. The number of benzene rings is 1. The molecular formula is C20H18FN5O2. The van der Waals surface area contributed by atoms with Crippen LogP contribution in [0.25, 0.3) is 21.9 Å². The summed E-state index contributed by atoms with van der Waals surface area (Å²) in [4.78, 5) is 12.4. The first-order valence-electron chi connectivity index (χ1n) is 9.08. The molecule has 1 aliphatic rings. The number of ether oxygens (including phenoxy) is 2. The van der Waals surface area contributed by atoms with Crippen LogP contribution in [0.15, 0.2) is 49.1 Å². The van der Waals surface area contributed by atoms with Gasteiger partial charge in [0.25, 0.3) is 0 Å². The lowest BCUT2D eigenvalue weighted by Crippen LogP contribution is -2.18. The topological polar surface area (TPSA) is 88.1 Å². The molecular weight excluding hydrogens is 361 g/mol. The van der Waals surface area contributed by atoms with E-state index < -0.39 is 5.82 Å². The van der Waals surface area contributed by atoms with Crippen molar-refractivity contribution in [2.75, 3.05) is 12.3 Å². The quantitative estimate of drug-likeness (QED) is 0.584. The summed E-state index contributed by atoms with van der Waals surface area (Å²) in [5.74, 6) is 0.431. The number of halogens is 1. The van der Waals surface area contributed by atoms with Crippen LogP contribution in [0.5, 0.6) is 5.75 Å². The molecule has 5 rings (SSSR count). The molecule has 0 unspecified atom stereocenters. The van der Waals surface area contributed by atoms with Gasteiger partial charge in [-0.2, -0.15) is 0 Å². The summed E-state index contributed by atoms with van der Waals surface area (Å²) in [5.41, 5.74) is 7.11. The maximum atomic E-state index is 14.2. The van der Waals surface area contributed by atoms with Gasteiger partial charge in [0.2, 0.25) is 0 Å². The van der Waals surface area contributed by atoms with Crippen molar-refractivity contribution in [3.05, 3.63) is 54.9 Å². The Balaban J connectivity index is 1.29. The summed E-state index contributed by atoms with van der Waals surface area (Å²) in [5, 5.41) is 1.30. The van der Waals surface area contributed by atoms with E-state index in [0.717, 1.165) is 29.5 Å². The Morgan fingerprint density at radius 2 is 2.14 bits per heavy atom. The van der Waals surface area contributed by atoms with Crippen LogP contribution < -0.4 is 10.5 Å². The lowest BCUT2D eigenvalue weighted by Gasteiger charge is -2.16. The van der Waals surface area contributed by atoms with Crippen LogP contribution in [0.4, 0.5) is 10.2 Å². The third-order valence-electron chi connectivity index (χ3n) is 5.00. The number of nitrogens with zero attached hydrogens (tertiary/aromatic N) is 4. The number of anilines is 1. The van der Waals surface area contributed by atoms with Crippen LogP contribution >= 0.6 is 0 Å². The number of pyridine rings is 1. The van der Waals surface area contributed by atoms with E-state index in [0.29, 0.717) is 12.3 Å². The minimum absolute atomic E-state index is 0.0934. The van der Waals surface area contributed by atoms with Gasteiger partial charge in [-0.25, -0.2) is 14.4 Å². The average Bonchev–Trinajstić information content (AvgIpc) is 3.31. The van der Waals surface area contributed by atoms with Crippen molar-refractivity contribution in [2.24, 2.45) is 0 Å². The Morgan fingerprint density at radius 3 is 3.07 bits per heavy atom. The maximum Gasteiger partial charge on any atom is 0.154 e. The molecule has 0 radical (unpaired) electrons. The average molecular weight is 379 g/mol. The van der Waals surface area contributed by atoms with E-state index in [1.807, 2.05) is 30.3 Å². The number of rotatable bonds is 4. The molecule has 1 saturated heterocycles. The van der Waals surface area contributed by atoms with E-state index in [2.05, 4.69) is 15.0 Å². The standard InChI is InChI=1S/C20H18FN5O2/c21-15-9-26(20-18(15)19(22)24-11-25-20)17-6-5-14(28-17)10-27-13-4-3-12-2-1-7-23-16(12)8-13/h1-4,7-9,11,14,17H,5-6,10H2,(H2,22,24,25)/t14-,17+/m0/s1. The van der Waals surface area contributed by atoms with Crippen molar-refractivity contribution < 1.29 is 13.9 Å². The highest BCUT2D eigenvalue weighted by Crippen LogP contribution is 2.33. The van der Waals surface area contributed by atoms with Crippen LogP contribution in [0.1, 0.15) is 19.1 Å². The minimum Gasteiger partial charge on any atom is -0.491 e. The van der Waals surface area contributed by atoms with Crippen LogP contribution in [-0.4, -0.2) is 32.2 Å². The number of hydrogen-bond donors (Lipinski definition) is 1. The van der Waals surface area contributed by atoms with E-state index in [1.54, 1.807) is 10.8 Å². The Bertz CT molecular complexity index is 1160. The van der Waals surface area contributed by atoms with E-state index in [4.69, 9.17) is 15.2 Å². The Morgan fingerprint density at radius 1 is 1.21 bits per heavy atom. The van der Waals surface area contributed by atoms with Crippen molar-refractivity contribution >= 4 is 27.8 Å². The summed E-state index contributed by atoms with van der Waals surface area (Å²) >= 11 is 0. The third kappa shape index (κ3) is 2.91. The minimum atomic E-state index is -0.444. The third-order valence-corrected chi connectivity index (χ3v) is 5.00. The van der Waals surface area contributed by atoms with Crippen molar-refractivity contribution in [2.45, 2.75) is 25.2 Å². The molecule has 142 valence electrons. The van der Waals surface area contributed by atoms with Crippen molar-refractivity contribution in [1.29, 1.82) is 0 Å². The van der Waals surface area contributed by atoms with Crippen molar-refractivity contribution in [3.63, 3.8) is 0 Å². The molecule has 28 heavy (non-hydrogen) atoms. The predicted molar refractivity (Wildman–Crippen MR) is 102 cm³/mol. The molecule has 7 nitrogen and oxygen atoms in total. The van der Waals surface area contributed by atoms with Gasteiger partial charge >= 0.3 is 0 Å². The number of nitrogen functional groups attached to an aromatic ring is 1. The predicted octanol–water partition coefficient (Wildman–Crippen LogP) is 3.46. The van der Waals surface area contributed by atoms with Crippen molar-refractivity contribution in [1.82, 2.24) is 19.5 Å². The van der Waals surface area contributed by atoms with E-state index >= 15 is 0 Å². The molecule has 4 heterocycles. The normalized spacial score (nSPS) is 19.5. The molecule has 1 fully saturated rings. The van der Waals surface area contributed by atoms with E-state index in [-0.39, 0.29) is 23.5 Å². The van der Waals surface area contributed by atoms with Crippen LogP contribution in [0, 0.1) is 5.82 Å². The first-order valence-corrected chi connectivity index (χ1v) is 9.08. The molecule has 3 aromatic heterocycles. The zero-order valence-electron chi connectivity index (χ0n) is 15.0. The molecule has 4 aromatic rings. The summed E-state index contributed by atoms with van der Waals surface area (Å²) in [6, 6.07) is 9.73. The molecule has 1 aromatic carbocycles. The molecule has 2 atom stereocenters.